The maximum absolute atomic E-state index is 13.2. The molecule has 0 radical (unpaired) electrons. The van der Waals surface area contributed by atoms with Gasteiger partial charge in [-0.3, -0.25) is 20.3 Å². The van der Waals surface area contributed by atoms with Crippen molar-refractivity contribution in [3.05, 3.63) is 100 Å². The number of hydrogen-bond donors (Lipinski definition) is 1. The molecule has 3 aromatic carbocycles. The molecular formula is C24H19N5O6S. The normalized spacial score (nSPS) is 11.1. The van der Waals surface area contributed by atoms with Gasteiger partial charge in [-0.1, -0.05) is 18.2 Å². The fourth-order valence-corrected chi connectivity index (χ4v) is 3.53. The molecule has 0 saturated carbocycles. The highest BCUT2D eigenvalue weighted by Gasteiger charge is 2.20. The fourth-order valence-electron chi connectivity index (χ4n) is 2.84. The maximum atomic E-state index is 13.2. The lowest BCUT2D eigenvalue weighted by atomic mass is 10.1. The third kappa shape index (κ3) is 6.45. The van der Waals surface area contributed by atoms with Crippen LogP contribution >= 0.6 is 11.8 Å². The van der Waals surface area contributed by atoms with E-state index < -0.39 is 10.7 Å². The molecule has 0 amide bonds. The number of nitro benzene ring substituents is 1. The molecule has 4 aromatic rings. The number of ketones is 1. The number of Topliss-reactive ketones (excluding diaryl/α,β-unsaturated/α-hetero) is 1. The Labute approximate surface area is 209 Å². The number of aromatic nitrogens is 2. The lowest BCUT2D eigenvalue weighted by Gasteiger charge is -2.06. The third-order valence-corrected chi connectivity index (χ3v) is 5.46. The quantitative estimate of drug-likeness (QED) is 0.0784. The molecular weight excluding hydrogens is 486 g/mol. The predicted octanol–water partition coefficient (Wildman–Crippen LogP) is 4.97. The van der Waals surface area contributed by atoms with E-state index in [9.17, 15) is 14.9 Å². The number of benzene rings is 3. The molecule has 1 N–H and O–H groups in total. The molecule has 0 atom stereocenters. The van der Waals surface area contributed by atoms with Crippen molar-refractivity contribution in [2.75, 3.05) is 12.5 Å². The molecule has 0 unspecified atom stereocenters. The number of nitro groups is 1. The summed E-state index contributed by atoms with van der Waals surface area (Å²) in [4.78, 5) is 23.6. The lowest BCUT2D eigenvalue weighted by Crippen LogP contribution is -2.13. The summed E-state index contributed by atoms with van der Waals surface area (Å²) in [5, 5.41) is 23.1. The van der Waals surface area contributed by atoms with Crippen molar-refractivity contribution in [1.29, 1.82) is 0 Å². The van der Waals surface area contributed by atoms with E-state index in [0.717, 1.165) is 11.8 Å². The van der Waals surface area contributed by atoms with Crippen LogP contribution in [0.4, 0.5) is 11.4 Å². The summed E-state index contributed by atoms with van der Waals surface area (Å²) < 4.78 is 16.4. The second-order valence-corrected chi connectivity index (χ2v) is 8.00. The molecule has 11 nitrogen and oxygen atoms in total. The van der Waals surface area contributed by atoms with Gasteiger partial charge in [0.1, 0.15) is 11.5 Å². The number of rotatable bonds is 10. The number of hydrazone groups is 1. The first-order valence-corrected chi connectivity index (χ1v) is 11.3. The zero-order valence-corrected chi connectivity index (χ0v) is 19.7. The van der Waals surface area contributed by atoms with Crippen LogP contribution in [-0.2, 0) is 6.61 Å². The van der Waals surface area contributed by atoms with Gasteiger partial charge in [0, 0.05) is 17.7 Å². The maximum Gasteiger partial charge on any atom is 0.283 e. The Bertz CT molecular complexity index is 1360. The number of nitrogens with one attached hydrogen (secondary N) is 1. The average Bonchev–Trinajstić information content (AvgIpc) is 3.37. The minimum atomic E-state index is -0.504. The van der Waals surface area contributed by atoms with Crippen LogP contribution < -0.4 is 14.9 Å². The van der Waals surface area contributed by atoms with Gasteiger partial charge < -0.3 is 13.9 Å². The van der Waals surface area contributed by atoms with Gasteiger partial charge in [0.15, 0.2) is 11.7 Å². The van der Waals surface area contributed by atoms with E-state index >= 15 is 0 Å². The minimum Gasteiger partial charge on any atom is -0.497 e. The van der Waals surface area contributed by atoms with Crippen molar-refractivity contribution in [1.82, 2.24) is 10.2 Å². The van der Waals surface area contributed by atoms with Crippen LogP contribution in [0, 0.1) is 10.1 Å². The highest BCUT2D eigenvalue weighted by Crippen LogP contribution is 2.23. The summed E-state index contributed by atoms with van der Waals surface area (Å²) in [5.41, 5.74) is 3.49. The first-order valence-electron chi connectivity index (χ1n) is 10.5. The molecule has 4 rings (SSSR count). The largest absolute Gasteiger partial charge is 0.497 e. The van der Waals surface area contributed by atoms with Crippen LogP contribution in [0.1, 0.15) is 16.2 Å². The Morgan fingerprint density at radius 1 is 1.03 bits per heavy atom. The van der Waals surface area contributed by atoms with E-state index in [2.05, 4.69) is 20.7 Å². The zero-order chi connectivity index (χ0) is 25.3. The second-order valence-electron chi connectivity index (χ2n) is 7.06. The summed E-state index contributed by atoms with van der Waals surface area (Å²) in [6, 6.07) is 21.3. The van der Waals surface area contributed by atoms with Crippen molar-refractivity contribution in [3.63, 3.8) is 0 Å². The molecule has 0 saturated heterocycles. The fraction of sp³-hybridized carbons (Fsp3) is 0.0833. The molecule has 0 aliphatic carbocycles. The first kappa shape index (κ1) is 24.4. The number of hydrogen-bond acceptors (Lipinski definition) is 11. The standard InChI is InChI=1S/C24H19N5O6S/c1-33-19-13-7-16(8-14-19)22(30)23(27-25-17-9-11-18(12-10-17)29(31)32)36-24-28-26-21(35-24)15-34-20-5-3-2-4-6-20/h2-14,25H,15H2,1H3/b27-23-. The van der Waals surface area contributed by atoms with Crippen molar-refractivity contribution in [3.8, 4) is 11.5 Å². The number of carbonyl (C=O) groups is 1. The van der Waals surface area contributed by atoms with Gasteiger partial charge in [-0.05, 0) is 60.3 Å². The molecule has 0 bridgehead atoms. The van der Waals surface area contributed by atoms with E-state index in [1.807, 2.05) is 18.2 Å². The molecule has 12 heteroatoms. The van der Waals surface area contributed by atoms with Crippen LogP contribution in [0.5, 0.6) is 11.5 Å². The van der Waals surface area contributed by atoms with Gasteiger partial charge in [0.05, 0.1) is 17.7 Å². The van der Waals surface area contributed by atoms with Gasteiger partial charge in [-0.25, -0.2) is 0 Å². The van der Waals surface area contributed by atoms with Crippen LogP contribution in [0.2, 0.25) is 0 Å². The highest BCUT2D eigenvalue weighted by molar-refractivity contribution is 8.15. The van der Waals surface area contributed by atoms with Crippen LogP contribution in [-0.4, -0.2) is 33.1 Å². The van der Waals surface area contributed by atoms with E-state index in [4.69, 9.17) is 13.9 Å². The molecule has 0 aliphatic heterocycles. The SMILES string of the molecule is COc1ccc(C(=O)/C(=N/Nc2ccc([N+](=O)[O-])cc2)Sc2nnc(COc3ccccc3)o2)cc1. The minimum absolute atomic E-state index is 0.0118. The van der Waals surface area contributed by atoms with Crippen LogP contribution in [0.15, 0.2) is 93.6 Å². The lowest BCUT2D eigenvalue weighted by molar-refractivity contribution is -0.384. The molecule has 36 heavy (non-hydrogen) atoms. The monoisotopic (exact) mass is 505 g/mol. The number of nitrogens with zero attached hydrogens (tertiary/aromatic N) is 4. The number of ether oxygens (including phenoxy) is 2. The van der Waals surface area contributed by atoms with Crippen LogP contribution in [0.3, 0.4) is 0 Å². The Balaban J connectivity index is 1.52. The van der Waals surface area contributed by atoms with Gasteiger partial charge in [0.25, 0.3) is 16.8 Å². The topological polar surface area (TPSA) is 142 Å². The molecule has 0 aliphatic rings. The van der Waals surface area contributed by atoms with E-state index in [1.54, 1.807) is 36.4 Å². The molecule has 1 aromatic heterocycles. The predicted molar refractivity (Wildman–Crippen MR) is 132 cm³/mol. The van der Waals surface area contributed by atoms with E-state index in [1.165, 1.54) is 31.4 Å². The summed E-state index contributed by atoms with van der Waals surface area (Å²) in [7, 11) is 1.53. The average molecular weight is 506 g/mol. The number of para-hydroxylation sites is 1. The third-order valence-electron chi connectivity index (χ3n) is 4.65. The smallest absolute Gasteiger partial charge is 0.283 e. The molecule has 0 spiro atoms. The second kappa shape index (κ2) is 11.6. The number of thioether (sulfide) groups is 1. The van der Waals surface area contributed by atoms with Crippen LogP contribution in [0.25, 0.3) is 0 Å². The van der Waals surface area contributed by atoms with Gasteiger partial charge in [-0.2, -0.15) is 5.10 Å². The summed E-state index contributed by atoms with van der Waals surface area (Å²) in [6.45, 7) is 0.0531. The Hall–Kier alpha value is -4.71. The van der Waals surface area contributed by atoms with Crippen molar-refractivity contribution >= 4 is 34.0 Å². The Kier molecular flexibility index (Phi) is 7.88. The molecule has 1 heterocycles. The molecule has 182 valence electrons. The van der Waals surface area contributed by atoms with E-state index in [-0.39, 0.29) is 28.5 Å². The van der Waals surface area contributed by atoms with Crippen molar-refractivity contribution in [2.24, 2.45) is 5.10 Å². The first-order chi connectivity index (χ1) is 17.5. The summed E-state index contributed by atoms with van der Waals surface area (Å²) >= 11 is 0.874. The Morgan fingerprint density at radius 3 is 2.42 bits per heavy atom. The van der Waals surface area contributed by atoms with Gasteiger partial charge >= 0.3 is 0 Å². The Morgan fingerprint density at radius 2 is 1.75 bits per heavy atom. The van der Waals surface area contributed by atoms with Crippen molar-refractivity contribution < 1.29 is 23.6 Å². The van der Waals surface area contributed by atoms with E-state index in [0.29, 0.717) is 22.7 Å². The number of methoxy groups -OCH3 is 1. The highest BCUT2D eigenvalue weighted by atomic mass is 32.2. The molecule has 0 fully saturated rings. The number of anilines is 1. The zero-order valence-electron chi connectivity index (χ0n) is 18.9. The van der Waals surface area contributed by atoms with Gasteiger partial charge in [-0.15, -0.1) is 10.2 Å². The summed E-state index contributed by atoms with van der Waals surface area (Å²) in [5.74, 6) is 1.06. The number of carbonyl (C=O) groups excluding carboxylic acids is 1. The summed E-state index contributed by atoms with van der Waals surface area (Å²) in [6.07, 6.45) is 0. The van der Waals surface area contributed by atoms with Gasteiger partial charge in [0.2, 0.25) is 5.78 Å². The van der Waals surface area contributed by atoms with Crippen molar-refractivity contribution in [2.45, 2.75) is 11.8 Å². The number of non-ortho nitro benzene ring substituents is 1.